The third-order valence-electron chi connectivity index (χ3n) is 0. The first-order valence-electron chi connectivity index (χ1n) is 0. The Kier molecular flexibility index (Phi) is 596. The van der Waals surface area contributed by atoms with Gasteiger partial charge in [0.25, 0.3) is 0 Å². The van der Waals surface area contributed by atoms with E-state index in [-0.39, 0.29) is 92.1 Å². The van der Waals surface area contributed by atoms with Gasteiger partial charge in [-0.05, 0) is 0 Å². The summed E-state index contributed by atoms with van der Waals surface area (Å²) in [5, 5.41) is 0. The Bertz CT molecular complexity index is 7.51. The minimum Gasteiger partial charge on any atom is -2.00 e. The van der Waals surface area contributed by atoms with Crippen LogP contribution in [0.15, 0.2) is 0 Å². The first-order valence-corrected chi connectivity index (χ1v) is 0. The molecule has 0 fully saturated rings. The number of rotatable bonds is 0. The fraction of sp³-hybridized carbons (Fsp3) is 0. The Hall–Kier alpha value is 2.61. The minimum absolute atomic E-state index is 0. The molecule has 0 aromatic heterocycles. The molecule has 0 atom stereocenters. The first kappa shape index (κ1) is 73.3. The predicted molar refractivity (Wildman–Crippen MR) is 29.5 cm³/mol. The van der Waals surface area contributed by atoms with Crippen molar-refractivity contribution in [2.75, 3.05) is 0 Å². The largest absolute Gasteiger partial charge is 2.00 e. The van der Waals surface area contributed by atoms with Gasteiger partial charge in [-0.15, -0.1) is 0 Å². The van der Waals surface area contributed by atoms with Crippen LogP contribution in [0.3, 0.4) is 0 Å². The van der Waals surface area contributed by atoms with Crippen molar-refractivity contribution in [3.05, 3.63) is 0 Å². The number of hydrogen-bond acceptors (Lipinski definition) is 0. The molecular formula is CuS4W-6. The maximum atomic E-state index is 0. The molecular weight excluding hydrogens is 376 g/mol. The van der Waals surface area contributed by atoms with E-state index in [1.807, 2.05) is 0 Å². The van der Waals surface area contributed by atoms with Crippen molar-refractivity contribution in [2.24, 2.45) is 0 Å². The summed E-state index contributed by atoms with van der Waals surface area (Å²) >= 11 is 0. The molecule has 1 radical (unpaired) electrons. The van der Waals surface area contributed by atoms with Gasteiger partial charge in [0.1, 0.15) is 0 Å². The molecule has 0 spiro atoms. The normalized spacial score (nSPS) is 0. The van der Waals surface area contributed by atoms with E-state index in [1.54, 1.807) is 0 Å². The van der Waals surface area contributed by atoms with Crippen molar-refractivity contribution in [3.8, 4) is 0 Å². The summed E-state index contributed by atoms with van der Waals surface area (Å²) in [7, 11) is 0. The smallest absolute Gasteiger partial charge is 2.00 e. The Labute approximate surface area is 91.1 Å². The van der Waals surface area contributed by atoms with Gasteiger partial charge in [0.2, 0.25) is 0 Å². The molecule has 0 aromatic carbocycles. The minimum atomic E-state index is 0. The fourth-order valence-corrected chi connectivity index (χ4v) is 0. The standard InChI is InChI=1S/Cu.4S.W/q+2;4*-2;. The van der Waals surface area contributed by atoms with E-state index in [4.69, 9.17) is 0 Å². The zero-order valence-corrected chi connectivity index (χ0v) is 9.48. The van der Waals surface area contributed by atoms with E-state index in [2.05, 4.69) is 0 Å². The second kappa shape index (κ2) is 48.8. The van der Waals surface area contributed by atoms with E-state index in [0.29, 0.717) is 0 Å². The third-order valence-corrected chi connectivity index (χ3v) is 0. The van der Waals surface area contributed by atoms with Crippen LogP contribution in [-0.4, -0.2) is 0 Å². The quantitative estimate of drug-likeness (QED) is 0.522. The van der Waals surface area contributed by atoms with Crippen LogP contribution in [0, 0.1) is 0 Å². The average Bonchev–Trinajstić information content (AvgIpc) is 0. The predicted octanol–water partition coefficient (Wildman–Crippen LogP) is -0.0146. The molecule has 47 valence electrons. The molecule has 0 aromatic rings. The van der Waals surface area contributed by atoms with Crippen molar-refractivity contribution in [1.82, 2.24) is 0 Å². The Balaban J connectivity index is 0. The van der Waals surface area contributed by atoms with Crippen LogP contribution in [0.25, 0.3) is 0 Å². The zero-order valence-electron chi connectivity index (χ0n) is 2.34. The van der Waals surface area contributed by atoms with Gasteiger partial charge in [0.15, 0.2) is 0 Å². The van der Waals surface area contributed by atoms with Gasteiger partial charge in [-0.25, -0.2) is 0 Å². The summed E-state index contributed by atoms with van der Waals surface area (Å²) in [6, 6.07) is 0. The van der Waals surface area contributed by atoms with Crippen LogP contribution >= 0.6 is 0 Å². The molecule has 0 bridgehead atoms. The molecule has 0 heterocycles. The maximum absolute atomic E-state index is 0. The van der Waals surface area contributed by atoms with Crippen molar-refractivity contribution < 1.29 is 38.1 Å². The summed E-state index contributed by atoms with van der Waals surface area (Å²) < 4.78 is 0. The van der Waals surface area contributed by atoms with Crippen LogP contribution < -0.4 is 0 Å². The summed E-state index contributed by atoms with van der Waals surface area (Å²) in [5.41, 5.74) is 0. The van der Waals surface area contributed by atoms with Crippen LogP contribution in [-0.2, 0) is 92.1 Å². The van der Waals surface area contributed by atoms with Gasteiger partial charge in [0.05, 0.1) is 0 Å². The van der Waals surface area contributed by atoms with Gasteiger partial charge >= 0.3 is 17.1 Å². The first-order chi connectivity index (χ1) is 0. The van der Waals surface area contributed by atoms with Gasteiger partial charge in [-0.2, -0.15) is 0 Å². The summed E-state index contributed by atoms with van der Waals surface area (Å²) in [6.45, 7) is 0. The SMILES string of the molecule is [Cu+2].[S-2].[S-2].[S-2].[S-2].[W]. The summed E-state index contributed by atoms with van der Waals surface area (Å²) in [4.78, 5) is 0. The molecule has 0 saturated heterocycles. The van der Waals surface area contributed by atoms with Gasteiger partial charge in [0, 0.05) is 21.1 Å². The molecule has 0 nitrogen and oxygen atoms in total. The summed E-state index contributed by atoms with van der Waals surface area (Å²) in [5.74, 6) is 0. The van der Waals surface area contributed by atoms with Crippen molar-refractivity contribution in [3.63, 3.8) is 0 Å². The van der Waals surface area contributed by atoms with Gasteiger partial charge in [-0.3, -0.25) is 0 Å². The van der Waals surface area contributed by atoms with Crippen molar-refractivity contribution in [2.45, 2.75) is 0 Å². The van der Waals surface area contributed by atoms with Gasteiger partial charge in [-0.1, -0.05) is 0 Å². The van der Waals surface area contributed by atoms with E-state index in [0.717, 1.165) is 0 Å². The Morgan fingerprint density at radius 2 is 0.500 bits per heavy atom. The molecule has 6 heavy (non-hydrogen) atoms. The van der Waals surface area contributed by atoms with Crippen LogP contribution in [0.2, 0.25) is 0 Å². The second-order valence-corrected chi connectivity index (χ2v) is 0. The molecule has 0 aliphatic heterocycles. The fourth-order valence-electron chi connectivity index (χ4n) is 0. The van der Waals surface area contributed by atoms with E-state index >= 15 is 0 Å². The average molecular weight is 376 g/mol. The molecule has 0 N–H and O–H groups in total. The molecule has 0 rings (SSSR count). The van der Waals surface area contributed by atoms with Crippen LogP contribution in [0.5, 0.6) is 0 Å². The Morgan fingerprint density at radius 1 is 0.500 bits per heavy atom. The molecule has 0 saturated carbocycles. The zero-order chi connectivity index (χ0) is 0. The maximum Gasteiger partial charge on any atom is 2.00 e. The van der Waals surface area contributed by atoms with E-state index < -0.39 is 0 Å². The van der Waals surface area contributed by atoms with Crippen molar-refractivity contribution >= 4 is 54.0 Å². The molecule has 0 amide bonds. The summed E-state index contributed by atoms with van der Waals surface area (Å²) in [6.07, 6.45) is 0. The van der Waals surface area contributed by atoms with E-state index in [9.17, 15) is 0 Å². The van der Waals surface area contributed by atoms with Crippen LogP contribution in [0.4, 0.5) is 0 Å². The molecule has 0 aliphatic carbocycles. The van der Waals surface area contributed by atoms with E-state index in [1.165, 1.54) is 0 Å². The monoisotopic (exact) mass is 375 g/mol. The second-order valence-electron chi connectivity index (χ2n) is 0. The number of hydrogen-bond donors (Lipinski definition) is 0. The van der Waals surface area contributed by atoms with Gasteiger partial charge < -0.3 is 54.0 Å². The molecule has 0 unspecified atom stereocenters. The third kappa shape index (κ3) is 30.6. The molecule has 0 aliphatic rings. The topological polar surface area (TPSA) is 0 Å². The van der Waals surface area contributed by atoms with Crippen LogP contribution in [0.1, 0.15) is 0 Å². The van der Waals surface area contributed by atoms with Crippen molar-refractivity contribution in [1.29, 1.82) is 0 Å². The molecule has 6 heteroatoms. The Morgan fingerprint density at radius 3 is 0.500 bits per heavy atom.